The van der Waals surface area contributed by atoms with E-state index in [9.17, 15) is 9.90 Å². The van der Waals surface area contributed by atoms with Crippen molar-refractivity contribution in [2.24, 2.45) is 0 Å². The highest BCUT2D eigenvalue weighted by molar-refractivity contribution is 5.75. The van der Waals surface area contributed by atoms with Crippen molar-refractivity contribution in [2.75, 3.05) is 6.61 Å². The Morgan fingerprint density at radius 1 is 1.03 bits per heavy atom. The number of ether oxygens (including phenoxy) is 2. The van der Waals surface area contributed by atoms with Crippen LogP contribution in [0.15, 0.2) is 48.5 Å². The minimum Gasteiger partial charge on any atom is -0.489 e. The average Bonchev–Trinajstić information content (AvgIpc) is 2.73. The third-order valence-corrected chi connectivity index (χ3v) is 5.46. The van der Waals surface area contributed by atoms with Crippen molar-refractivity contribution in [1.29, 1.82) is 0 Å². The van der Waals surface area contributed by atoms with Crippen LogP contribution in [0.25, 0.3) is 11.1 Å². The Bertz CT molecular complexity index is 1060. The summed E-state index contributed by atoms with van der Waals surface area (Å²) in [4.78, 5) is 15.5. The molecule has 0 spiro atoms. The molecule has 5 heteroatoms. The number of aldehydes is 1. The lowest BCUT2D eigenvalue weighted by Gasteiger charge is -2.19. The van der Waals surface area contributed by atoms with Gasteiger partial charge in [0.25, 0.3) is 0 Å². The molecule has 168 valence electrons. The zero-order chi connectivity index (χ0) is 23.3. The van der Waals surface area contributed by atoms with E-state index < -0.39 is 5.60 Å². The number of hydrogen-bond acceptors (Lipinski definition) is 5. The molecule has 1 heterocycles. The average molecular weight is 434 g/mol. The van der Waals surface area contributed by atoms with Crippen LogP contribution >= 0.6 is 0 Å². The topological polar surface area (TPSA) is 68.7 Å². The van der Waals surface area contributed by atoms with Gasteiger partial charge < -0.3 is 14.6 Å². The van der Waals surface area contributed by atoms with E-state index in [1.54, 1.807) is 38.1 Å². The molecule has 0 aliphatic heterocycles. The largest absolute Gasteiger partial charge is 0.489 e. The summed E-state index contributed by atoms with van der Waals surface area (Å²) in [5.74, 6) is 1.30. The molecule has 0 aliphatic carbocycles. The normalized spacial score (nSPS) is 11.3. The molecule has 0 bridgehead atoms. The summed E-state index contributed by atoms with van der Waals surface area (Å²) in [7, 11) is 0. The standard InChI is InChI=1S/C27H31NO4/c1-18-15-25(31-14-13-27(4,5)30)28-20(3)26(18)24-8-6-7-22(19(24)2)17-32-23-11-9-21(16-29)10-12-23/h6-12,15-16,30H,13-14,17H2,1-5H3. The number of benzene rings is 2. The van der Waals surface area contributed by atoms with Gasteiger partial charge in [0.2, 0.25) is 5.88 Å². The molecule has 1 N–H and O–H groups in total. The van der Waals surface area contributed by atoms with Gasteiger partial charge >= 0.3 is 0 Å². The number of hydrogen-bond donors (Lipinski definition) is 1. The summed E-state index contributed by atoms with van der Waals surface area (Å²) in [6.45, 7) is 10.5. The van der Waals surface area contributed by atoms with Gasteiger partial charge in [-0.3, -0.25) is 4.79 Å². The lowest BCUT2D eigenvalue weighted by atomic mass is 9.93. The van der Waals surface area contributed by atoms with Gasteiger partial charge in [-0.1, -0.05) is 18.2 Å². The highest BCUT2D eigenvalue weighted by atomic mass is 16.5. The van der Waals surface area contributed by atoms with Crippen LogP contribution in [0.1, 0.15) is 53.0 Å². The van der Waals surface area contributed by atoms with Gasteiger partial charge in [0.1, 0.15) is 18.6 Å². The molecule has 0 fully saturated rings. The highest BCUT2D eigenvalue weighted by Gasteiger charge is 2.16. The maximum atomic E-state index is 10.8. The van der Waals surface area contributed by atoms with Gasteiger partial charge in [-0.05, 0) is 81.1 Å². The molecule has 0 radical (unpaired) electrons. The smallest absolute Gasteiger partial charge is 0.213 e. The van der Waals surface area contributed by atoms with Gasteiger partial charge in [0, 0.05) is 29.3 Å². The van der Waals surface area contributed by atoms with Crippen molar-refractivity contribution in [2.45, 2.75) is 53.2 Å². The van der Waals surface area contributed by atoms with E-state index >= 15 is 0 Å². The fraction of sp³-hybridized carbons (Fsp3) is 0.333. The van der Waals surface area contributed by atoms with Crippen molar-refractivity contribution in [3.8, 4) is 22.8 Å². The molecule has 3 aromatic rings. The number of nitrogens with zero attached hydrogens (tertiary/aromatic N) is 1. The van der Waals surface area contributed by atoms with E-state index in [4.69, 9.17) is 9.47 Å². The first-order valence-electron chi connectivity index (χ1n) is 10.8. The second kappa shape index (κ2) is 9.96. The number of rotatable bonds is 9. The third-order valence-electron chi connectivity index (χ3n) is 5.46. The minimum absolute atomic E-state index is 0.411. The monoisotopic (exact) mass is 433 g/mol. The predicted molar refractivity (Wildman–Crippen MR) is 126 cm³/mol. The molecule has 1 aromatic heterocycles. The Kier molecular flexibility index (Phi) is 7.31. The second-order valence-corrected chi connectivity index (χ2v) is 8.71. The summed E-state index contributed by atoms with van der Waals surface area (Å²) in [5.41, 5.74) is 6.28. The first kappa shape index (κ1) is 23.5. The van der Waals surface area contributed by atoms with Gasteiger partial charge in [-0.2, -0.15) is 0 Å². The Morgan fingerprint density at radius 2 is 1.75 bits per heavy atom. The zero-order valence-electron chi connectivity index (χ0n) is 19.4. The summed E-state index contributed by atoms with van der Waals surface area (Å²) < 4.78 is 11.7. The number of pyridine rings is 1. The lowest BCUT2D eigenvalue weighted by molar-refractivity contribution is 0.0546. The maximum Gasteiger partial charge on any atom is 0.213 e. The second-order valence-electron chi connectivity index (χ2n) is 8.71. The van der Waals surface area contributed by atoms with Crippen molar-refractivity contribution < 1.29 is 19.4 Å². The maximum absolute atomic E-state index is 10.8. The first-order valence-corrected chi connectivity index (χ1v) is 10.8. The Morgan fingerprint density at radius 3 is 2.38 bits per heavy atom. The van der Waals surface area contributed by atoms with Crippen LogP contribution in [0.5, 0.6) is 11.6 Å². The van der Waals surface area contributed by atoms with Crippen molar-refractivity contribution in [3.05, 3.63) is 76.5 Å². The molecule has 0 aliphatic rings. The number of aryl methyl sites for hydroxylation is 2. The number of aliphatic hydroxyl groups is 1. The van der Waals surface area contributed by atoms with E-state index in [1.807, 2.05) is 19.1 Å². The molecule has 0 saturated heterocycles. The summed E-state index contributed by atoms with van der Waals surface area (Å²) in [6.07, 6.45) is 1.35. The number of carbonyl (C=O) groups excluding carboxylic acids is 1. The Balaban J connectivity index is 1.79. The summed E-state index contributed by atoms with van der Waals surface area (Å²) in [6, 6.07) is 15.2. The zero-order valence-corrected chi connectivity index (χ0v) is 19.4. The fourth-order valence-corrected chi connectivity index (χ4v) is 3.60. The third kappa shape index (κ3) is 5.95. The molecule has 2 aromatic carbocycles. The summed E-state index contributed by atoms with van der Waals surface area (Å²) >= 11 is 0. The van der Waals surface area contributed by atoms with Gasteiger partial charge in [-0.15, -0.1) is 0 Å². The van der Waals surface area contributed by atoms with Crippen LogP contribution in [0.2, 0.25) is 0 Å². The van der Waals surface area contributed by atoms with Crippen LogP contribution in [-0.4, -0.2) is 28.6 Å². The van der Waals surface area contributed by atoms with Crippen LogP contribution in [0.4, 0.5) is 0 Å². The number of aromatic nitrogens is 1. The van der Waals surface area contributed by atoms with Crippen molar-refractivity contribution in [1.82, 2.24) is 4.98 Å². The van der Waals surface area contributed by atoms with Crippen molar-refractivity contribution >= 4 is 6.29 Å². The molecule has 0 saturated carbocycles. The van der Waals surface area contributed by atoms with E-state index in [0.29, 0.717) is 31.1 Å². The molecule has 0 amide bonds. The highest BCUT2D eigenvalue weighted by Crippen LogP contribution is 2.33. The SMILES string of the molecule is Cc1cc(OCCC(C)(C)O)nc(C)c1-c1cccc(COc2ccc(C=O)cc2)c1C. The fourth-order valence-electron chi connectivity index (χ4n) is 3.60. The van der Waals surface area contributed by atoms with Crippen LogP contribution in [-0.2, 0) is 6.61 Å². The quantitative estimate of drug-likeness (QED) is 0.445. The minimum atomic E-state index is -0.764. The molecule has 0 unspecified atom stereocenters. The summed E-state index contributed by atoms with van der Waals surface area (Å²) in [5, 5.41) is 9.87. The van der Waals surface area contributed by atoms with Crippen LogP contribution < -0.4 is 9.47 Å². The molecule has 32 heavy (non-hydrogen) atoms. The molecule has 5 nitrogen and oxygen atoms in total. The predicted octanol–water partition coefficient (Wildman–Crippen LogP) is 5.61. The molecular weight excluding hydrogens is 402 g/mol. The van der Waals surface area contributed by atoms with E-state index in [0.717, 1.165) is 45.5 Å². The molecule has 0 atom stereocenters. The van der Waals surface area contributed by atoms with E-state index in [2.05, 4.69) is 31.0 Å². The van der Waals surface area contributed by atoms with Crippen LogP contribution in [0.3, 0.4) is 0 Å². The van der Waals surface area contributed by atoms with Gasteiger partial charge in [0.15, 0.2) is 0 Å². The van der Waals surface area contributed by atoms with Gasteiger partial charge in [-0.25, -0.2) is 4.98 Å². The van der Waals surface area contributed by atoms with E-state index in [-0.39, 0.29) is 0 Å². The Hall–Kier alpha value is -3.18. The van der Waals surface area contributed by atoms with Crippen molar-refractivity contribution in [3.63, 3.8) is 0 Å². The van der Waals surface area contributed by atoms with Crippen LogP contribution in [0, 0.1) is 20.8 Å². The Labute approximate surface area is 190 Å². The molecular formula is C27H31NO4. The van der Waals surface area contributed by atoms with E-state index in [1.165, 1.54) is 0 Å². The van der Waals surface area contributed by atoms with Gasteiger partial charge in [0.05, 0.1) is 12.2 Å². The lowest BCUT2D eigenvalue weighted by Crippen LogP contribution is -2.22. The molecule has 3 rings (SSSR count). The first-order chi connectivity index (χ1) is 15.2. The number of carbonyl (C=O) groups is 1.